The number of benzene rings is 1. The maximum Gasteiger partial charge on any atom is 0.270 e. The van der Waals surface area contributed by atoms with Crippen molar-refractivity contribution in [2.24, 2.45) is 0 Å². The van der Waals surface area contributed by atoms with Gasteiger partial charge in [0.05, 0.1) is 12.3 Å². The Balaban J connectivity index is 2.33. The molecule has 1 aromatic carbocycles. The minimum absolute atomic E-state index is 0.0784. The van der Waals surface area contributed by atoms with Gasteiger partial charge in [-0.15, -0.1) is 0 Å². The number of ether oxygens (including phenoxy) is 2. The molecule has 104 valence electrons. The van der Waals surface area contributed by atoms with Crippen molar-refractivity contribution in [3.8, 4) is 5.75 Å². The highest BCUT2D eigenvalue weighted by atomic mass is 16.5. The molecule has 1 heterocycles. The van der Waals surface area contributed by atoms with Crippen molar-refractivity contribution in [1.82, 2.24) is 0 Å². The summed E-state index contributed by atoms with van der Waals surface area (Å²) in [6, 6.07) is 5.33. The summed E-state index contributed by atoms with van der Waals surface area (Å²) in [5, 5.41) is 0. The highest BCUT2D eigenvalue weighted by Crippen LogP contribution is 2.38. The molecule has 0 aliphatic carbocycles. The lowest BCUT2D eigenvalue weighted by atomic mass is 10.0. The predicted molar refractivity (Wildman–Crippen MR) is 74.4 cm³/mol. The molecule has 2 N–H and O–H groups in total. The molecular formula is C14H20N2O3. The third-order valence-electron chi connectivity index (χ3n) is 3.06. The van der Waals surface area contributed by atoms with Crippen molar-refractivity contribution in [3.63, 3.8) is 0 Å². The van der Waals surface area contributed by atoms with E-state index in [1.165, 1.54) is 0 Å². The van der Waals surface area contributed by atoms with Gasteiger partial charge in [-0.2, -0.15) is 0 Å². The Morgan fingerprint density at radius 2 is 2.16 bits per heavy atom. The van der Waals surface area contributed by atoms with Gasteiger partial charge in [-0.25, -0.2) is 0 Å². The second-order valence-electron chi connectivity index (χ2n) is 4.99. The molecule has 5 nitrogen and oxygen atoms in total. The fraction of sp³-hybridized carbons (Fsp3) is 0.500. The summed E-state index contributed by atoms with van der Waals surface area (Å²) in [4.78, 5) is 14.1. The quantitative estimate of drug-likeness (QED) is 0.665. The second kappa shape index (κ2) is 5.09. The molecule has 2 rings (SSSR count). The van der Waals surface area contributed by atoms with Crippen LogP contribution in [0.5, 0.6) is 5.75 Å². The van der Waals surface area contributed by atoms with Crippen LogP contribution in [0.1, 0.15) is 20.8 Å². The summed E-state index contributed by atoms with van der Waals surface area (Å²) in [7, 11) is 0. The molecule has 0 fully saturated rings. The van der Waals surface area contributed by atoms with E-state index in [2.05, 4.69) is 0 Å². The number of hydrogen-bond acceptors (Lipinski definition) is 4. The van der Waals surface area contributed by atoms with Crippen LogP contribution in [0, 0.1) is 0 Å². The molecule has 0 spiro atoms. The summed E-state index contributed by atoms with van der Waals surface area (Å²) in [6.45, 7) is 7.08. The first kappa shape index (κ1) is 13.7. The number of rotatable bonds is 4. The van der Waals surface area contributed by atoms with Crippen LogP contribution in [-0.4, -0.2) is 31.3 Å². The van der Waals surface area contributed by atoms with Gasteiger partial charge >= 0.3 is 0 Å². The van der Waals surface area contributed by atoms with E-state index in [0.29, 0.717) is 36.9 Å². The molecule has 0 radical (unpaired) electrons. The maximum absolute atomic E-state index is 12.4. The van der Waals surface area contributed by atoms with Gasteiger partial charge in [0, 0.05) is 18.8 Å². The van der Waals surface area contributed by atoms with E-state index in [1.54, 1.807) is 36.9 Å². The number of carbonyl (C=O) groups is 1. The Morgan fingerprint density at radius 1 is 1.42 bits per heavy atom. The number of nitrogens with two attached hydrogens (primary N) is 1. The molecule has 0 saturated heterocycles. The molecule has 1 aliphatic rings. The zero-order valence-electron chi connectivity index (χ0n) is 11.6. The fourth-order valence-electron chi connectivity index (χ4n) is 2.11. The smallest absolute Gasteiger partial charge is 0.270 e. The number of fused-ring (bicyclic) bond motifs is 1. The molecule has 0 unspecified atom stereocenters. The van der Waals surface area contributed by atoms with Gasteiger partial charge in [-0.1, -0.05) is 0 Å². The van der Waals surface area contributed by atoms with Crippen LogP contribution < -0.4 is 15.4 Å². The summed E-state index contributed by atoms with van der Waals surface area (Å²) in [5.41, 5.74) is 6.24. The monoisotopic (exact) mass is 264 g/mol. The lowest BCUT2D eigenvalue weighted by Gasteiger charge is -2.38. The van der Waals surface area contributed by atoms with Gasteiger partial charge in [0.15, 0.2) is 5.60 Å². The van der Waals surface area contributed by atoms with Gasteiger partial charge in [0.1, 0.15) is 5.75 Å². The van der Waals surface area contributed by atoms with E-state index in [-0.39, 0.29) is 5.91 Å². The van der Waals surface area contributed by atoms with Crippen LogP contribution in [0.4, 0.5) is 11.4 Å². The Labute approximate surface area is 113 Å². The molecule has 0 saturated carbocycles. The number of nitrogen functional groups attached to an aromatic ring is 1. The van der Waals surface area contributed by atoms with Crippen molar-refractivity contribution >= 4 is 17.3 Å². The molecule has 19 heavy (non-hydrogen) atoms. The average Bonchev–Trinajstić information content (AvgIpc) is 2.35. The Kier molecular flexibility index (Phi) is 3.66. The summed E-state index contributed by atoms with van der Waals surface area (Å²) in [5.74, 6) is 0.598. The molecule has 1 aliphatic heterocycles. The van der Waals surface area contributed by atoms with Gasteiger partial charge in [-0.05, 0) is 39.0 Å². The van der Waals surface area contributed by atoms with Gasteiger partial charge in [0.2, 0.25) is 0 Å². The van der Waals surface area contributed by atoms with Crippen LogP contribution >= 0.6 is 0 Å². The lowest BCUT2D eigenvalue weighted by Crippen LogP contribution is -2.53. The highest BCUT2D eigenvalue weighted by Gasteiger charge is 2.40. The minimum atomic E-state index is -0.866. The summed E-state index contributed by atoms with van der Waals surface area (Å²) in [6.07, 6.45) is 0. The Bertz CT molecular complexity index is 486. The molecule has 0 aromatic heterocycles. The topological polar surface area (TPSA) is 64.8 Å². The largest absolute Gasteiger partial charge is 0.476 e. The zero-order chi connectivity index (χ0) is 14.0. The van der Waals surface area contributed by atoms with E-state index >= 15 is 0 Å². The number of amides is 1. The molecule has 0 atom stereocenters. The van der Waals surface area contributed by atoms with Gasteiger partial charge in [0.25, 0.3) is 5.91 Å². The Hall–Kier alpha value is -1.75. The van der Waals surface area contributed by atoms with Crippen LogP contribution in [0.2, 0.25) is 0 Å². The lowest BCUT2D eigenvalue weighted by molar-refractivity contribution is -0.132. The van der Waals surface area contributed by atoms with E-state index in [4.69, 9.17) is 15.2 Å². The van der Waals surface area contributed by atoms with Crippen molar-refractivity contribution < 1.29 is 14.3 Å². The second-order valence-corrected chi connectivity index (χ2v) is 4.99. The van der Waals surface area contributed by atoms with Crippen molar-refractivity contribution in [2.75, 3.05) is 30.4 Å². The highest BCUT2D eigenvalue weighted by molar-refractivity contribution is 6.02. The van der Waals surface area contributed by atoms with E-state index in [0.717, 1.165) is 0 Å². The fourth-order valence-corrected chi connectivity index (χ4v) is 2.11. The number of anilines is 2. The van der Waals surface area contributed by atoms with Crippen LogP contribution in [0.3, 0.4) is 0 Å². The van der Waals surface area contributed by atoms with Crippen molar-refractivity contribution in [1.29, 1.82) is 0 Å². The van der Waals surface area contributed by atoms with E-state index in [1.807, 2.05) is 6.92 Å². The number of nitrogens with zero attached hydrogens (tertiary/aromatic N) is 1. The molecule has 0 bridgehead atoms. The SMILES string of the molecule is CCOCCN1C(=O)C(C)(C)Oc2ccc(N)cc21. The van der Waals surface area contributed by atoms with Crippen molar-refractivity contribution in [3.05, 3.63) is 18.2 Å². The van der Waals surface area contributed by atoms with E-state index in [9.17, 15) is 4.79 Å². The van der Waals surface area contributed by atoms with Crippen LogP contribution in [0.15, 0.2) is 18.2 Å². The molecule has 5 heteroatoms. The normalized spacial score (nSPS) is 17.0. The average molecular weight is 264 g/mol. The number of carbonyl (C=O) groups excluding carboxylic acids is 1. The number of hydrogen-bond donors (Lipinski definition) is 1. The first-order chi connectivity index (χ1) is 8.95. The first-order valence-corrected chi connectivity index (χ1v) is 6.44. The van der Waals surface area contributed by atoms with Gasteiger partial charge in [-0.3, -0.25) is 4.79 Å². The summed E-state index contributed by atoms with van der Waals surface area (Å²) < 4.78 is 11.1. The van der Waals surface area contributed by atoms with Crippen molar-refractivity contribution in [2.45, 2.75) is 26.4 Å². The molecule has 1 amide bonds. The molecule has 1 aromatic rings. The molecular weight excluding hydrogens is 244 g/mol. The summed E-state index contributed by atoms with van der Waals surface area (Å²) >= 11 is 0. The maximum atomic E-state index is 12.4. The predicted octanol–water partition coefficient (Wildman–Crippen LogP) is 1.81. The van der Waals surface area contributed by atoms with Gasteiger partial charge < -0.3 is 20.1 Å². The van der Waals surface area contributed by atoms with E-state index < -0.39 is 5.60 Å². The first-order valence-electron chi connectivity index (χ1n) is 6.44. The third-order valence-corrected chi connectivity index (χ3v) is 3.06. The standard InChI is InChI=1S/C14H20N2O3/c1-4-18-8-7-16-11-9-10(15)5-6-12(11)19-14(2,3)13(16)17/h5-6,9H,4,7-8,15H2,1-3H3. The minimum Gasteiger partial charge on any atom is -0.476 e. The van der Waals surface area contributed by atoms with Crippen LogP contribution in [-0.2, 0) is 9.53 Å². The zero-order valence-corrected chi connectivity index (χ0v) is 11.6. The Morgan fingerprint density at radius 3 is 2.84 bits per heavy atom. The third kappa shape index (κ3) is 2.66. The van der Waals surface area contributed by atoms with Crippen LogP contribution in [0.25, 0.3) is 0 Å².